The van der Waals surface area contributed by atoms with Crippen molar-refractivity contribution < 1.29 is 9.47 Å². The highest BCUT2D eigenvalue weighted by atomic mass is 127. The Hall–Kier alpha value is -0.120. The Morgan fingerprint density at radius 2 is 1.77 bits per heavy atom. The number of hydrogen-bond acceptors (Lipinski definition) is 4. The number of likely N-dealkylation sites (tertiary alicyclic amines) is 1. The van der Waals surface area contributed by atoms with Crippen LogP contribution in [0.2, 0.25) is 0 Å². The molecular formula is C19H41IN4O2. The first-order valence-corrected chi connectivity index (χ1v) is 9.81. The van der Waals surface area contributed by atoms with Gasteiger partial charge >= 0.3 is 0 Å². The summed E-state index contributed by atoms with van der Waals surface area (Å²) >= 11 is 0. The van der Waals surface area contributed by atoms with Crippen LogP contribution in [0.25, 0.3) is 0 Å². The van der Waals surface area contributed by atoms with Crippen LogP contribution in [0.3, 0.4) is 0 Å². The molecule has 0 aromatic heterocycles. The summed E-state index contributed by atoms with van der Waals surface area (Å²) in [4.78, 5) is 9.32. The van der Waals surface area contributed by atoms with Crippen LogP contribution in [0.5, 0.6) is 0 Å². The number of nitrogens with one attached hydrogen (secondary N) is 1. The fourth-order valence-electron chi connectivity index (χ4n) is 3.43. The van der Waals surface area contributed by atoms with E-state index in [1.165, 1.54) is 0 Å². The Bertz CT molecular complexity index is 365. The highest BCUT2D eigenvalue weighted by Gasteiger charge is 2.22. The maximum atomic E-state index is 5.94. The number of hydrogen-bond donors (Lipinski definition) is 1. The van der Waals surface area contributed by atoms with Crippen LogP contribution in [0.1, 0.15) is 47.0 Å². The van der Waals surface area contributed by atoms with Gasteiger partial charge in [0, 0.05) is 65.6 Å². The summed E-state index contributed by atoms with van der Waals surface area (Å²) in [5.74, 6) is 1.02. The number of nitrogens with zero attached hydrogens (tertiary/aromatic N) is 3. The number of guanidine groups is 1. The van der Waals surface area contributed by atoms with Gasteiger partial charge in [0.25, 0.3) is 0 Å². The second-order valence-electron chi connectivity index (χ2n) is 7.30. The second-order valence-corrected chi connectivity index (χ2v) is 7.30. The average molecular weight is 484 g/mol. The molecule has 1 rings (SSSR count). The number of methoxy groups -OCH3 is 1. The van der Waals surface area contributed by atoms with Crippen molar-refractivity contribution in [3.8, 4) is 0 Å². The molecule has 7 heteroatoms. The largest absolute Gasteiger partial charge is 0.385 e. The molecule has 0 atom stereocenters. The SMILES string of the molecule is CN=C(NCCN(C(C)C)C(C)C)N1CCC(OCCCOC)CC1.I. The van der Waals surface area contributed by atoms with Crippen LogP contribution in [0, 0.1) is 0 Å². The molecule has 1 heterocycles. The van der Waals surface area contributed by atoms with Gasteiger partial charge in [-0.2, -0.15) is 0 Å². The van der Waals surface area contributed by atoms with Gasteiger partial charge in [-0.15, -0.1) is 24.0 Å². The van der Waals surface area contributed by atoms with Crippen LogP contribution in [-0.2, 0) is 9.47 Å². The average Bonchev–Trinajstić information content (AvgIpc) is 2.59. The normalized spacial score (nSPS) is 16.5. The quantitative estimate of drug-likeness (QED) is 0.224. The van der Waals surface area contributed by atoms with Gasteiger partial charge in [-0.1, -0.05) is 0 Å². The van der Waals surface area contributed by atoms with Crippen LogP contribution >= 0.6 is 24.0 Å². The molecule has 0 aromatic rings. The number of aliphatic imine (C=N–C) groups is 1. The Labute approximate surface area is 178 Å². The van der Waals surface area contributed by atoms with Crippen molar-refractivity contribution in [1.82, 2.24) is 15.1 Å². The minimum absolute atomic E-state index is 0. The van der Waals surface area contributed by atoms with Crippen molar-refractivity contribution in [3.05, 3.63) is 0 Å². The van der Waals surface area contributed by atoms with Crippen molar-refractivity contribution in [1.29, 1.82) is 0 Å². The lowest BCUT2D eigenvalue weighted by atomic mass is 10.1. The summed E-state index contributed by atoms with van der Waals surface area (Å²) in [6.45, 7) is 14.6. The van der Waals surface area contributed by atoms with Gasteiger partial charge in [-0.05, 0) is 47.0 Å². The van der Waals surface area contributed by atoms with Crippen molar-refractivity contribution >= 4 is 29.9 Å². The lowest BCUT2D eigenvalue weighted by Gasteiger charge is -2.35. The maximum Gasteiger partial charge on any atom is 0.193 e. The van der Waals surface area contributed by atoms with E-state index in [1.807, 2.05) is 7.05 Å². The van der Waals surface area contributed by atoms with E-state index >= 15 is 0 Å². The third kappa shape index (κ3) is 9.71. The van der Waals surface area contributed by atoms with E-state index in [0.29, 0.717) is 18.2 Å². The van der Waals surface area contributed by atoms with E-state index in [-0.39, 0.29) is 24.0 Å². The molecule has 1 aliphatic rings. The zero-order chi connectivity index (χ0) is 18.7. The molecule has 1 N–H and O–H groups in total. The van der Waals surface area contributed by atoms with Gasteiger partial charge in [0.2, 0.25) is 0 Å². The molecule has 0 unspecified atom stereocenters. The van der Waals surface area contributed by atoms with Crippen molar-refractivity contribution in [3.63, 3.8) is 0 Å². The summed E-state index contributed by atoms with van der Waals surface area (Å²) < 4.78 is 11.0. The van der Waals surface area contributed by atoms with Gasteiger partial charge in [0.05, 0.1) is 6.10 Å². The number of rotatable bonds is 10. The molecule has 0 spiro atoms. The van der Waals surface area contributed by atoms with E-state index in [1.54, 1.807) is 7.11 Å². The van der Waals surface area contributed by atoms with Gasteiger partial charge < -0.3 is 19.7 Å². The summed E-state index contributed by atoms with van der Waals surface area (Å²) in [5.41, 5.74) is 0. The van der Waals surface area contributed by atoms with Crippen molar-refractivity contribution in [2.75, 3.05) is 53.6 Å². The monoisotopic (exact) mass is 484 g/mol. The minimum Gasteiger partial charge on any atom is -0.385 e. The standard InChI is InChI=1S/C19H40N4O2.HI/c1-16(2)23(17(3)4)13-10-21-19(20-5)22-11-8-18(9-12-22)25-15-7-14-24-6;/h16-18H,7-15H2,1-6H3,(H,20,21);1H. The molecule has 0 bridgehead atoms. The summed E-state index contributed by atoms with van der Waals surface area (Å²) in [6.07, 6.45) is 3.49. The molecule has 26 heavy (non-hydrogen) atoms. The third-order valence-corrected chi connectivity index (χ3v) is 4.78. The Morgan fingerprint density at radius 1 is 1.15 bits per heavy atom. The second kappa shape index (κ2) is 14.9. The van der Waals surface area contributed by atoms with E-state index in [9.17, 15) is 0 Å². The summed E-state index contributed by atoms with van der Waals surface area (Å²) in [5, 5.41) is 3.53. The molecule has 0 aromatic carbocycles. The molecule has 1 saturated heterocycles. The molecule has 0 aliphatic carbocycles. The first-order valence-electron chi connectivity index (χ1n) is 9.81. The van der Waals surface area contributed by atoms with Gasteiger partial charge in [-0.3, -0.25) is 9.89 Å². The van der Waals surface area contributed by atoms with Gasteiger partial charge in [0.1, 0.15) is 0 Å². The predicted molar refractivity (Wildman–Crippen MR) is 121 cm³/mol. The fraction of sp³-hybridized carbons (Fsp3) is 0.947. The van der Waals surface area contributed by atoms with Crippen LogP contribution in [0.15, 0.2) is 4.99 Å². The lowest BCUT2D eigenvalue weighted by Crippen LogP contribution is -2.49. The van der Waals surface area contributed by atoms with E-state index in [4.69, 9.17) is 9.47 Å². The molecule has 6 nitrogen and oxygen atoms in total. The minimum atomic E-state index is 0. The van der Waals surface area contributed by atoms with Gasteiger partial charge in [0.15, 0.2) is 5.96 Å². The fourth-order valence-corrected chi connectivity index (χ4v) is 3.43. The topological polar surface area (TPSA) is 49.3 Å². The van der Waals surface area contributed by atoms with E-state index in [2.05, 4.69) is 47.8 Å². The summed E-state index contributed by atoms with van der Waals surface area (Å²) in [6, 6.07) is 1.13. The zero-order valence-corrected chi connectivity index (χ0v) is 20.0. The van der Waals surface area contributed by atoms with Crippen LogP contribution < -0.4 is 5.32 Å². The molecular weight excluding hydrogens is 443 g/mol. The summed E-state index contributed by atoms with van der Waals surface area (Å²) in [7, 11) is 3.61. The Kier molecular flexibility index (Phi) is 14.8. The smallest absolute Gasteiger partial charge is 0.193 e. The number of halogens is 1. The van der Waals surface area contributed by atoms with Crippen molar-refractivity contribution in [2.45, 2.75) is 65.1 Å². The Morgan fingerprint density at radius 3 is 2.27 bits per heavy atom. The maximum absolute atomic E-state index is 5.94. The van der Waals surface area contributed by atoms with E-state index in [0.717, 1.165) is 64.6 Å². The number of ether oxygens (including phenoxy) is 2. The highest BCUT2D eigenvalue weighted by Crippen LogP contribution is 2.14. The zero-order valence-electron chi connectivity index (χ0n) is 17.7. The molecule has 0 saturated carbocycles. The predicted octanol–water partition coefficient (Wildman–Crippen LogP) is 2.82. The first kappa shape index (κ1) is 25.9. The molecule has 156 valence electrons. The van der Waals surface area contributed by atoms with Crippen molar-refractivity contribution in [2.24, 2.45) is 4.99 Å². The van der Waals surface area contributed by atoms with Gasteiger partial charge in [-0.25, -0.2) is 0 Å². The van der Waals surface area contributed by atoms with Crippen LogP contribution in [-0.4, -0.2) is 87.5 Å². The highest BCUT2D eigenvalue weighted by molar-refractivity contribution is 14.0. The molecule has 1 aliphatic heterocycles. The molecule has 0 radical (unpaired) electrons. The van der Waals surface area contributed by atoms with E-state index < -0.39 is 0 Å². The third-order valence-electron chi connectivity index (χ3n) is 4.78. The molecule has 0 amide bonds. The molecule has 1 fully saturated rings. The first-order chi connectivity index (χ1) is 12.0. The lowest BCUT2D eigenvalue weighted by molar-refractivity contribution is 0.00988. The number of piperidine rings is 1. The Balaban J connectivity index is 0.00000625. The van der Waals surface area contributed by atoms with Crippen LogP contribution in [0.4, 0.5) is 0 Å².